The number of ether oxygens (including phenoxy) is 4. The van der Waals surface area contributed by atoms with Crippen LogP contribution in [0.15, 0.2) is 36.5 Å². The van der Waals surface area contributed by atoms with Crippen LogP contribution in [-0.4, -0.2) is 32.3 Å². The van der Waals surface area contributed by atoms with Crippen molar-refractivity contribution in [2.45, 2.75) is 6.61 Å². The van der Waals surface area contributed by atoms with Crippen LogP contribution in [0, 0.1) is 0 Å². The van der Waals surface area contributed by atoms with Crippen molar-refractivity contribution in [1.82, 2.24) is 4.98 Å². The summed E-state index contributed by atoms with van der Waals surface area (Å²) in [5, 5.41) is 0. The molecule has 6 heteroatoms. The highest BCUT2D eigenvalue weighted by Crippen LogP contribution is 2.39. The summed E-state index contributed by atoms with van der Waals surface area (Å²) in [6.45, 7) is 0.0805. The summed E-state index contributed by atoms with van der Waals surface area (Å²) in [5.41, 5.74) is 0.923. The first-order valence-corrected chi connectivity index (χ1v) is 6.57. The van der Waals surface area contributed by atoms with Gasteiger partial charge in [-0.3, -0.25) is 4.98 Å². The molecule has 0 amide bonds. The van der Waals surface area contributed by atoms with E-state index in [2.05, 4.69) is 4.98 Å². The van der Waals surface area contributed by atoms with E-state index in [1.807, 2.05) is 6.07 Å². The number of benzene rings is 1. The predicted octanol–water partition coefficient (Wildman–Crippen LogP) is 2.46. The molecule has 0 saturated carbocycles. The van der Waals surface area contributed by atoms with Crippen LogP contribution in [0.25, 0.3) is 0 Å². The van der Waals surface area contributed by atoms with E-state index in [9.17, 15) is 4.79 Å². The molecular formula is C16H17NO5. The van der Waals surface area contributed by atoms with Crippen LogP contribution in [0.4, 0.5) is 0 Å². The number of pyridine rings is 1. The normalized spacial score (nSPS) is 9.95. The van der Waals surface area contributed by atoms with Crippen molar-refractivity contribution in [2.75, 3.05) is 21.3 Å². The van der Waals surface area contributed by atoms with E-state index in [-0.39, 0.29) is 17.9 Å². The number of nitrogens with zero attached hydrogens (tertiary/aromatic N) is 1. The molecule has 0 aliphatic carbocycles. The Kier molecular flexibility index (Phi) is 5.19. The molecule has 0 fully saturated rings. The molecule has 0 atom stereocenters. The molecule has 0 N–H and O–H groups in total. The molecule has 1 heterocycles. The zero-order valence-corrected chi connectivity index (χ0v) is 12.7. The van der Waals surface area contributed by atoms with Crippen LogP contribution >= 0.6 is 0 Å². The topological polar surface area (TPSA) is 66.9 Å². The minimum absolute atomic E-state index is 0.0805. The van der Waals surface area contributed by atoms with Crippen molar-refractivity contribution in [3.8, 4) is 17.2 Å². The highest BCUT2D eigenvalue weighted by Gasteiger charge is 2.21. The lowest BCUT2D eigenvalue weighted by atomic mass is 10.1. The van der Waals surface area contributed by atoms with Crippen LogP contribution in [-0.2, 0) is 11.3 Å². The van der Waals surface area contributed by atoms with Gasteiger partial charge in [-0.15, -0.1) is 0 Å². The predicted molar refractivity (Wildman–Crippen MR) is 79.5 cm³/mol. The van der Waals surface area contributed by atoms with Crippen molar-refractivity contribution >= 4 is 5.97 Å². The Morgan fingerprint density at radius 1 is 1.00 bits per heavy atom. The van der Waals surface area contributed by atoms with Gasteiger partial charge in [0.15, 0.2) is 11.5 Å². The van der Waals surface area contributed by atoms with Gasteiger partial charge in [-0.25, -0.2) is 4.79 Å². The van der Waals surface area contributed by atoms with Crippen molar-refractivity contribution in [3.05, 3.63) is 47.8 Å². The summed E-state index contributed by atoms with van der Waals surface area (Å²) in [6.07, 6.45) is 1.64. The molecule has 0 spiro atoms. The Morgan fingerprint density at radius 3 is 2.36 bits per heavy atom. The quantitative estimate of drug-likeness (QED) is 0.764. The zero-order valence-electron chi connectivity index (χ0n) is 12.7. The van der Waals surface area contributed by atoms with Crippen LogP contribution in [0.2, 0.25) is 0 Å². The van der Waals surface area contributed by atoms with Crippen molar-refractivity contribution in [2.24, 2.45) is 0 Å². The minimum atomic E-state index is -0.525. The maximum Gasteiger partial charge on any atom is 0.342 e. The van der Waals surface area contributed by atoms with Crippen molar-refractivity contribution < 1.29 is 23.7 Å². The molecule has 22 heavy (non-hydrogen) atoms. The molecular weight excluding hydrogens is 286 g/mol. The summed E-state index contributed by atoms with van der Waals surface area (Å²) < 4.78 is 20.9. The molecule has 0 aliphatic heterocycles. The minimum Gasteiger partial charge on any atom is -0.493 e. The Morgan fingerprint density at radius 2 is 1.77 bits per heavy atom. The summed E-state index contributed by atoms with van der Waals surface area (Å²) in [4.78, 5) is 16.3. The number of hydrogen-bond acceptors (Lipinski definition) is 6. The maximum atomic E-state index is 12.2. The van der Waals surface area contributed by atoms with Crippen LogP contribution < -0.4 is 14.2 Å². The molecule has 2 aromatic rings. The second-order valence-electron chi connectivity index (χ2n) is 4.28. The number of carbonyl (C=O) groups is 1. The standard InChI is InChI=1S/C16H17NO5/c1-19-13-8-7-12(14(20-2)15(13)21-3)16(18)22-10-11-6-4-5-9-17-11/h4-9H,10H2,1-3H3. The molecule has 1 aromatic carbocycles. The zero-order chi connectivity index (χ0) is 15.9. The molecule has 6 nitrogen and oxygen atoms in total. The molecule has 0 radical (unpaired) electrons. The van der Waals surface area contributed by atoms with Crippen LogP contribution in [0.1, 0.15) is 16.1 Å². The van der Waals surface area contributed by atoms with Gasteiger partial charge in [0.05, 0.1) is 27.0 Å². The first-order chi connectivity index (χ1) is 10.7. The van der Waals surface area contributed by atoms with Gasteiger partial charge in [-0.2, -0.15) is 0 Å². The average molecular weight is 303 g/mol. The highest BCUT2D eigenvalue weighted by atomic mass is 16.5. The van der Waals surface area contributed by atoms with Gasteiger partial charge in [0.25, 0.3) is 0 Å². The number of hydrogen-bond donors (Lipinski definition) is 0. The fraction of sp³-hybridized carbons (Fsp3) is 0.250. The SMILES string of the molecule is COc1ccc(C(=O)OCc2ccccn2)c(OC)c1OC. The smallest absolute Gasteiger partial charge is 0.342 e. The third kappa shape index (κ3) is 3.28. The first-order valence-electron chi connectivity index (χ1n) is 6.57. The molecule has 116 valence electrons. The Bertz CT molecular complexity index is 642. The van der Waals surface area contributed by atoms with Gasteiger partial charge in [0.1, 0.15) is 12.2 Å². The Balaban J connectivity index is 2.22. The van der Waals surface area contributed by atoms with E-state index in [1.54, 1.807) is 30.5 Å². The van der Waals surface area contributed by atoms with E-state index in [4.69, 9.17) is 18.9 Å². The third-order valence-corrected chi connectivity index (χ3v) is 3.00. The molecule has 0 bridgehead atoms. The number of rotatable bonds is 6. The van der Waals surface area contributed by atoms with E-state index < -0.39 is 5.97 Å². The Labute approximate surface area is 128 Å². The van der Waals surface area contributed by atoms with Crippen molar-refractivity contribution in [1.29, 1.82) is 0 Å². The average Bonchev–Trinajstić information content (AvgIpc) is 2.58. The van der Waals surface area contributed by atoms with Crippen LogP contribution in [0.5, 0.6) is 17.2 Å². The fourth-order valence-corrected chi connectivity index (χ4v) is 1.96. The number of esters is 1. The fourth-order valence-electron chi connectivity index (χ4n) is 1.96. The first kappa shape index (κ1) is 15.6. The van der Waals surface area contributed by atoms with E-state index >= 15 is 0 Å². The second-order valence-corrected chi connectivity index (χ2v) is 4.28. The summed E-state index contributed by atoms with van der Waals surface area (Å²) in [6, 6.07) is 8.59. The van der Waals surface area contributed by atoms with Gasteiger partial charge in [0, 0.05) is 6.20 Å². The highest BCUT2D eigenvalue weighted by molar-refractivity contribution is 5.94. The molecule has 1 aromatic heterocycles. The summed E-state index contributed by atoms with van der Waals surface area (Å²) in [7, 11) is 4.44. The van der Waals surface area contributed by atoms with Gasteiger partial charge in [-0.1, -0.05) is 6.07 Å². The number of methoxy groups -OCH3 is 3. The summed E-state index contributed by atoms with van der Waals surface area (Å²) in [5.74, 6) is 0.564. The van der Waals surface area contributed by atoms with E-state index in [0.29, 0.717) is 17.2 Å². The van der Waals surface area contributed by atoms with Crippen LogP contribution in [0.3, 0.4) is 0 Å². The van der Waals surface area contributed by atoms with Gasteiger partial charge in [-0.05, 0) is 24.3 Å². The largest absolute Gasteiger partial charge is 0.493 e. The monoisotopic (exact) mass is 303 g/mol. The second kappa shape index (κ2) is 7.31. The third-order valence-electron chi connectivity index (χ3n) is 3.00. The lowest BCUT2D eigenvalue weighted by Crippen LogP contribution is -2.09. The lowest BCUT2D eigenvalue weighted by Gasteiger charge is -2.15. The molecule has 0 saturated heterocycles. The molecule has 0 unspecified atom stereocenters. The van der Waals surface area contributed by atoms with Gasteiger partial charge < -0.3 is 18.9 Å². The van der Waals surface area contributed by atoms with E-state index in [1.165, 1.54) is 21.3 Å². The van der Waals surface area contributed by atoms with Gasteiger partial charge >= 0.3 is 5.97 Å². The number of carbonyl (C=O) groups excluding carboxylic acids is 1. The summed E-state index contributed by atoms with van der Waals surface area (Å²) >= 11 is 0. The number of aromatic nitrogens is 1. The van der Waals surface area contributed by atoms with E-state index in [0.717, 1.165) is 0 Å². The maximum absolute atomic E-state index is 12.2. The van der Waals surface area contributed by atoms with Crippen molar-refractivity contribution in [3.63, 3.8) is 0 Å². The lowest BCUT2D eigenvalue weighted by molar-refractivity contribution is 0.0463. The molecule has 0 aliphatic rings. The van der Waals surface area contributed by atoms with Gasteiger partial charge in [0.2, 0.25) is 5.75 Å². The molecule has 2 rings (SSSR count). The Hall–Kier alpha value is -2.76.